The number of hydrogen-bond donors (Lipinski definition) is 4. The third kappa shape index (κ3) is 4.51. The number of carbonyl (C=O) groups is 3. The van der Waals surface area contributed by atoms with E-state index in [2.05, 4.69) is 14.7 Å². The van der Waals surface area contributed by atoms with Crippen molar-refractivity contribution in [1.29, 1.82) is 0 Å². The zero-order valence-corrected chi connectivity index (χ0v) is 22.1. The second kappa shape index (κ2) is 10.3. The molecule has 2 aromatic carbocycles. The summed E-state index contributed by atoms with van der Waals surface area (Å²) in [4.78, 5) is 45.1. The number of fused-ring (bicyclic) bond motifs is 1. The number of anilines is 2. The minimum absolute atomic E-state index is 0.0423. The molecule has 9 nitrogen and oxygen atoms in total. The minimum atomic E-state index is -1.02. The predicted molar refractivity (Wildman–Crippen MR) is 149 cm³/mol. The number of nitrogen functional groups attached to an aromatic ring is 1. The molecular weight excluding hydrogens is 500 g/mol. The van der Waals surface area contributed by atoms with Crippen LogP contribution in [0.25, 0.3) is 10.9 Å². The largest absolute Gasteiger partial charge is 0.395 e. The number of benzene rings is 2. The average molecular weight is 531 g/mol. The molecule has 0 aliphatic heterocycles. The zero-order valence-electron chi connectivity index (χ0n) is 21.3. The highest BCUT2D eigenvalue weighted by atomic mass is 32.1. The van der Waals surface area contributed by atoms with Gasteiger partial charge in [-0.05, 0) is 61.5 Å². The minimum Gasteiger partial charge on any atom is -0.395 e. The van der Waals surface area contributed by atoms with Crippen LogP contribution in [0.15, 0.2) is 48.7 Å². The number of hydrogen-bond acceptors (Lipinski definition) is 6. The molecule has 1 atom stereocenters. The number of H-pyrrole nitrogens is 1. The summed E-state index contributed by atoms with van der Waals surface area (Å²) in [7, 11) is 0. The summed E-state index contributed by atoms with van der Waals surface area (Å²) in [5, 5.41) is 4.03. The fraction of sp³-hybridized carbons (Fsp3) is 0.286. The molecule has 1 aliphatic rings. The van der Waals surface area contributed by atoms with E-state index in [0.717, 1.165) is 59.2 Å². The molecule has 0 saturated heterocycles. The molecular formula is C28H30N6O3S. The van der Waals surface area contributed by atoms with Crippen LogP contribution in [-0.4, -0.2) is 33.1 Å². The van der Waals surface area contributed by atoms with E-state index < -0.39 is 17.9 Å². The highest BCUT2D eigenvalue weighted by Crippen LogP contribution is 2.38. The first-order chi connectivity index (χ1) is 18.3. The Morgan fingerprint density at radius 1 is 1.11 bits per heavy atom. The Morgan fingerprint density at radius 3 is 2.55 bits per heavy atom. The molecule has 0 radical (unpaired) electrons. The van der Waals surface area contributed by atoms with Gasteiger partial charge in [0.15, 0.2) is 5.69 Å². The average Bonchev–Trinajstić information content (AvgIpc) is 3.64. The van der Waals surface area contributed by atoms with E-state index >= 15 is 0 Å². The first-order valence-corrected chi connectivity index (χ1v) is 13.4. The van der Waals surface area contributed by atoms with Crippen LogP contribution < -0.4 is 21.7 Å². The highest BCUT2D eigenvalue weighted by molar-refractivity contribution is 7.09. The number of nitrogens with two attached hydrogens (primary N) is 2. The monoisotopic (exact) mass is 530 g/mol. The van der Waals surface area contributed by atoms with Gasteiger partial charge in [0.2, 0.25) is 5.91 Å². The Hall–Kier alpha value is -4.18. The summed E-state index contributed by atoms with van der Waals surface area (Å²) in [6.07, 6.45) is 5.67. The fourth-order valence-electron chi connectivity index (χ4n) is 5.17. The summed E-state index contributed by atoms with van der Waals surface area (Å²) in [5.41, 5.74) is 15.3. The normalized spacial score (nSPS) is 14.5. The third-order valence-electron chi connectivity index (χ3n) is 7.33. The van der Waals surface area contributed by atoms with E-state index in [9.17, 15) is 14.4 Å². The molecule has 1 unspecified atom stereocenters. The highest BCUT2D eigenvalue weighted by Gasteiger charge is 2.38. The molecule has 1 saturated carbocycles. The summed E-state index contributed by atoms with van der Waals surface area (Å²) >= 11 is 0.802. The standard InChI is InChI=1S/C28H30N6O3S/c1-15-8-7-13-21(16(15)2)34(28(37)25-22(29)23(26(30)35)33-38-25)24(27(36)32-17-9-3-4-10-17)19-14-31-20-12-6-5-11-18(19)20/h5-8,11-14,17,24,31H,3-4,9-10,29H2,1-2H3,(H2,30,35)(H,32,36). The van der Waals surface area contributed by atoms with E-state index in [4.69, 9.17) is 11.5 Å². The second-order valence-corrected chi connectivity index (χ2v) is 10.5. The number of nitrogens with one attached hydrogen (secondary N) is 2. The molecule has 0 spiro atoms. The van der Waals surface area contributed by atoms with Crippen LogP contribution in [0.2, 0.25) is 0 Å². The van der Waals surface area contributed by atoms with Crippen molar-refractivity contribution in [3.05, 3.63) is 75.9 Å². The van der Waals surface area contributed by atoms with Gasteiger partial charge in [0, 0.05) is 34.4 Å². The van der Waals surface area contributed by atoms with Crippen LogP contribution in [-0.2, 0) is 4.79 Å². The number of nitrogens with zero attached hydrogens (tertiary/aromatic N) is 2. The van der Waals surface area contributed by atoms with Crippen molar-refractivity contribution in [1.82, 2.24) is 14.7 Å². The Kier molecular flexibility index (Phi) is 6.90. The van der Waals surface area contributed by atoms with Gasteiger partial charge in [-0.2, -0.15) is 4.37 Å². The van der Waals surface area contributed by atoms with Gasteiger partial charge >= 0.3 is 0 Å². The number of amides is 3. The maximum Gasteiger partial charge on any atom is 0.273 e. The summed E-state index contributed by atoms with van der Waals surface area (Å²) < 4.78 is 4.04. The van der Waals surface area contributed by atoms with Crippen molar-refractivity contribution in [2.24, 2.45) is 5.73 Å². The SMILES string of the molecule is Cc1cccc(N(C(=O)c2snc(C(N)=O)c2N)C(C(=O)NC2CCCC2)c2c[nH]c3ccccc23)c1C. The number of carbonyl (C=O) groups excluding carboxylic acids is 3. The van der Waals surface area contributed by atoms with Gasteiger partial charge < -0.3 is 21.8 Å². The maximum absolute atomic E-state index is 14.4. The number of para-hydroxylation sites is 1. The lowest BCUT2D eigenvalue weighted by atomic mass is 9.99. The molecule has 2 aromatic heterocycles. The van der Waals surface area contributed by atoms with Crippen molar-refractivity contribution >= 4 is 51.5 Å². The van der Waals surface area contributed by atoms with Crippen LogP contribution in [0.5, 0.6) is 0 Å². The van der Waals surface area contributed by atoms with Crippen molar-refractivity contribution in [2.75, 3.05) is 10.6 Å². The first-order valence-electron chi connectivity index (χ1n) is 12.6. The smallest absolute Gasteiger partial charge is 0.273 e. The molecule has 196 valence electrons. The van der Waals surface area contributed by atoms with Crippen LogP contribution in [0.4, 0.5) is 11.4 Å². The first kappa shape index (κ1) is 25.5. The van der Waals surface area contributed by atoms with Gasteiger partial charge in [0.05, 0.1) is 5.69 Å². The maximum atomic E-state index is 14.4. The number of rotatable bonds is 7. The van der Waals surface area contributed by atoms with Crippen LogP contribution in [0, 0.1) is 13.8 Å². The number of aryl methyl sites for hydroxylation is 1. The third-order valence-corrected chi connectivity index (χ3v) is 8.18. The Bertz CT molecular complexity index is 1530. The molecule has 2 heterocycles. The summed E-state index contributed by atoms with van der Waals surface area (Å²) in [5.74, 6) is -1.63. The molecule has 0 bridgehead atoms. The number of primary amides is 1. The van der Waals surface area contributed by atoms with Crippen molar-refractivity contribution in [2.45, 2.75) is 51.6 Å². The van der Waals surface area contributed by atoms with Crippen molar-refractivity contribution < 1.29 is 14.4 Å². The predicted octanol–water partition coefficient (Wildman–Crippen LogP) is 4.37. The lowest BCUT2D eigenvalue weighted by Crippen LogP contribution is -2.46. The molecule has 1 fully saturated rings. The lowest BCUT2D eigenvalue weighted by Gasteiger charge is -2.33. The van der Waals surface area contributed by atoms with Crippen LogP contribution >= 0.6 is 11.5 Å². The van der Waals surface area contributed by atoms with E-state index in [1.165, 1.54) is 4.90 Å². The fourth-order valence-corrected chi connectivity index (χ4v) is 5.91. The van der Waals surface area contributed by atoms with Gasteiger partial charge in [0.25, 0.3) is 11.8 Å². The molecule has 4 aromatic rings. The van der Waals surface area contributed by atoms with E-state index in [1.807, 2.05) is 56.3 Å². The quantitative estimate of drug-likeness (QED) is 0.280. The Morgan fingerprint density at radius 2 is 1.84 bits per heavy atom. The van der Waals surface area contributed by atoms with E-state index in [0.29, 0.717) is 11.3 Å². The van der Waals surface area contributed by atoms with Crippen LogP contribution in [0.3, 0.4) is 0 Å². The Labute approximate surface area is 224 Å². The number of aromatic amines is 1. The summed E-state index contributed by atoms with van der Waals surface area (Å²) in [6, 6.07) is 12.3. The lowest BCUT2D eigenvalue weighted by molar-refractivity contribution is -0.123. The van der Waals surface area contributed by atoms with Crippen LogP contribution in [0.1, 0.15) is 68.6 Å². The zero-order chi connectivity index (χ0) is 27.0. The number of aromatic nitrogens is 2. The molecule has 1 aliphatic carbocycles. The van der Waals surface area contributed by atoms with E-state index in [1.54, 1.807) is 6.20 Å². The van der Waals surface area contributed by atoms with Gasteiger partial charge in [-0.25, -0.2) is 0 Å². The second-order valence-electron chi connectivity index (χ2n) is 9.71. The van der Waals surface area contributed by atoms with Gasteiger partial charge in [-0.15, -0.1) is 0 Å². The van der Waals surface area contributed by atoms with Gasteiger partial charge in [-0.1, -0.05) is 43.2 Å². The van der Waals surface area contributed by atoms with Crippen molar-refractivity contribution in [3.8, 4) is 0 Å². The molecule has 10 heteroatoms. The molecule has 5 rings (SSSR count). The molecule has 3 amide bonds. The molecule has 38 heavy (non-hydrogen) atoms. The van der Waals surface area contributed by atoms with E-state index in [-0.39, 0.29) is 28.2 Å². The van der Waals surface area contributed by atoms with Crippen molar-refractivity contribution in [3.63, 3.8) is 0 Å². The Balaban J connectivity index is 1.72. The van der Waals surface area contributed by atoms with Gasteiger partial charge in [-0.3, -0.25) is 19.3 Å². The molecule has 6 N–H and O–H groups in total. The summed E-state index contributed by atoms with van der Waals surface area (Å²) in [6.45, 7) is 3.87. The topological polar surface area (TPSA) is 147 Å². The van der Waals surface area contributed by atoms with Gasteiger partial charge in [0.1, 0.15) is 10.9 Å².